The van der Waals surface area contributed by atoms with Crippen LogP contribution in [0.15, 0.2) is 18.2 Å². The summed E-state index contributed by atoms with van der Waals surface area (Å²) in [6.45, 7) is 0.642. The fourth-order valence-corrected chi connectivity index (χ4v) is 3.01. The molecule has 100 valence electrons. The quantitative estimate of drug-likeness (QED) is 0.844. The zero-order valence-electron chi connectivity index (χ0n) is 9.56. The highest BCUT2D eigenvalue weighted by molar-refractivity contribution is 7.92. The largest absolute Gasteiger partial charge is 0.395 e. The predicted molar refractivity (Wildman–Crippen MR) is 71.1 cm³/mol. The van der Waals surface area contributed by atoms with Gasteiger partial charge in [0.05, 0.1) is 11.6 Å². The molecule has 0 aliphatic rings. The van der Waals surface area contributed by atoms with Gasteiger partial charge in [0, 0.05) is 16.3 Å². The van der Waals surface area contributed by atoms with E-state index < -0.39 is 27.5 Å². The number of benzene rings is 1. The molecule has 1 rings (SSSR count). The second-order valence-corrected chi connectivity index (χ2v) is 6.93. The van der Waals surface area contributed by atoms with Crippen molar-refractivity contribution >= 4 is 38.8 Å². The van der Waals surface area contributed by atoms with Gasteiger partial charge in [0.1, 0.15) is 5.25 Å². The molecule has 18 heavy (non-hydrogen) atoms. The minimum absolute atomic E-state index is 0.0390. The molecule has 0 saturated carbocycles. The van der Waals surface area contributed by atoms with Crippen molar-refractivity contribution in [2.24, 2.45) is 0 Å². The lowest BCUT2D eigenvalue weighted by Crippen LogP contribution is -2.35. The third kappa shape index (κ3) is 3.23. The topological polar surface area (TPSA) is 71.4 Å². The number of Topliss-reactive ketones (excluding diaryl/α,β-unsaturated/α-hetero) is 1. The Hall–Kier alpha value is -0.620. The summed E-state index contributed by atoms with van der Waals surface area (Å²) in [5, 5.41) is 8.03. The Morgan fingerprint density at radius 1 is 1.39 bits per heavy atom. The number of halogens is 2. The molecule has 0 amide bonds. The molecule has 0 unspecified atom stereocenters. The number of carbonyl (C=O) groups is 1. The number of rotatable bonds is 5. The molecule has 4 nitrogen and oxygen atoms in total. The normalized spacial score (nSPS) is 13.3. The average Bonchev–Trinajstić information content (AvgIpc) is 2.29. The summed E-state index contributed by atoms with van der Waals surface area (Å²) in [6.07, 6.45) is 0. The fraction of sp³-hybridized carbons (Fsp3) is 0.364. The molecule has 0 radical (unpaired) electrons. The zero-order valence-corrected chi connectivity index (χ0v) is 11.9. The van der Waals surface area contributed by atoms with Crippen molar-refractivity contribution < 1.29 is 18.3 Å². The first-order valence-corrected chi connectivity index (χ1v) is 7.62. The van der Waals surface area contributed by atoms with Crippen molar-refractivity contribution in [1.29, 1.82) is 0 Å². The van der Waals surface area contributed by atoms with Crippen LogP contribution in [-0.2, 0) is 9.84 Å². The zero-order chi connectivity index (χ0) is 13.9. The van der Waals surface area contributed by atoms with Crippen LogP contribution in [0.1, 0.15) is 17.3 Å². The molecule has 0 bridgehead atoms. The van der Waals surface area contributed by atoms with Crippen molar-refractivity contribution in [3.8, 4) is 0 Å². The van der Waals surface area contributed by atoms with Gasteiger partial charge in [-0.1, -0.05) is 30.1 Å². The molecule has 1 aromatic carbocycles. The third-order valence-corrected chi connectivity index (χ3v) is 5.07. The minimum Gasteiger partial charge on any atom is -0.395 e. The molecule has 0 aliphatic carbocycles. The fourth-order valence-electron chi connectivity index (χ4n) is 1.42. The van der Waals surface area contributed by atoms with E-state index in [0.717, 1.165) is 0 Å². The van der Waals surface area contributed by atoms with E-state index in [2.05, 4.69) is 0 Å². The SMILES string of the molecule is CCS(=O)(=O)[C@H](CO)C(=O)c1ccc(Cl)cc1Cl. The molecule has 0 aromatic heterocycles. The number of sulfone groups is 1. The van der Waals surface area contributed by atoms with E-state index in [0.29, 0.717) is 5.02 Å². The van der Waals surface area contributed by atoms with Crippen molar-refractivity contribution in [2.75, 3.05) is 12.4 Å². The van der Waals surface area contributed by atoms with Crippen LogP contribution in [0.3, 0.4) is 0 Å². The van der Waals surface area contributed by atoms with Gasteiger partial charge < -0.3 is 5.11 Å². The van der Waals surface area contributed by atoms with Gasteiger partial charge in [-0.3, -0.25) is 4.79 Å². The monoisotopic (exact) mass is 310 g/mol. The first kappa shape index (κ1) is 15.4. The molecule has 1 N–H and O–H groups in total. The van der Waals surface area contributed by atoms with E-state index >= 15 is 0 Å². The number of carbonyl (C=O) groups excluding carboxylic acids is 1. The first-order valence-electron chi connectivity index (χ1n) is 5.15. The highest BCUT2D eigenvalue weighted by Gasteiger charge is 2.32. The van der Waals surface area contributed by atoms with Crippen LogP contribution in [-0.4, -0.2) is 36.9 Å². The summed E-state index contributed by atoms with van der Waals surface area (Å²) in [5.74, 6) is -0.948. The maximum absolute atomic E-state index is 12.0. The Balaban J connectivity index is 3.20. The number of hydrogen-bond donors (Lipinski definition) is 1. The maximum Gasteiger partial charge on any atom is 0.184 e. The van der Waals surface area contributed by atoms with E-state index in [-0.39, 0.29) is 16.3 Å². The minimum atomic E-state index is -3.68. The molecular formula is C11H12Cl2O4S. The lowest BCUT2D eigenvalue weighted by atomic mass is 10.1. The molecular weight excluding hydrogens is 299 g/mol. The van der Waals surface area contributed by atoms with Crippen LogP contribution < -0.4 is 0 Å². The van der Waals surface area contributed by atoms with Gasteiger partial charge in [0.2, 0.25) is 0 Å². The van der Waals surface area contributed by atoms with Crippen molar-refractivity contribution in [1.82, 2.24) is 0 Å². The Bertz CT molecular complexity index is 554. The Morgan fingerprint density at radius 3 is 2.44 bits per heavy atom. The van der Waals surface area contributed by atoms with Gasteiger partial charge in [0.25, 0.3) is 0 Å². The van der Waals surface area contributed by atoms with Crippen molar-refractivity contribution in [3.05, 3.63) is 33.8 Å². The van der Waals surface area contributed by atoms with E-state index in [4.69, 9.17) is 28.3 Å². The van der Waals surface area contributed by atoms with E-state index in [1.165, 1.54) is 25.1 Å². The summed E-state index contributed by atoms with van der Waals surface area (Å²) in [7, 11) is -3.68. The van der Waals surface area contributed by atoms with Crippen molar-refractivity contribution in [3.63, 3.8) is 0 Å². The molecule has 0 heterocycles. The molecule has 1 aromatic rings. The van der Waals surface area contributed by atoms with Crippen LogP contribution in [0.5, 0.6) is 0 Å². The Kier molecular flexibility index (Phi) is 5.16. The Labute approximate surface area is 115 Å². The van der Waals surface area contributed by atoms with Gasteiger partial charge in [0.15, 0.2) is 15.6 Å². The first-order chi connectivity index (χ1) is 8.33. The lowest BCUT2D eigenvalue weighted by molar-refractivity contribution is 0.0962. The van der Waals surface area contributed by atoms with Gasteiger partial charge in [-0.2, -0.15) is 0 Å². The Morgan fingerprint density at radius 2 is 2.00 bits per heavy atom. The van der Waals surface area contributed by atoms with Gasteiger partial charge in [-0.05, 0) is 18.2 Å². The summed E-state index contributed by atoms with van der Waals surface area (Å²) >= 11 is 11.5. The van der Waals surface area contributed by atoms with E-state index in [9.17, 15) is 13.2 Å². The molecule has 1 atom stereocenters. The third-order valence-electron chi connectivity index (χ3n) is 2.49. The van der Waals surface area contributed by atoms with Crippen LogP contribution in [0.2, 0.25) is 10.0 Å². The number of hydrogen-bond acceptors (Lipinski definition) is 4. The van der Waals surface area contributed by atoms with Crippen LogP contribution >= 0.6 is 23.2 Å². The molecule has 0 spiro atoms. The second kappa shape index (κ2) is 6.02. The van der Waals surface area contributed by atoms with Crippen LogP contribution in [0.25, 0.3) is 0 Å². The number of aliphatic hydroxyl groups is 1. The predicted octanol–water partition coefficient (Wildman–Crippen LogP) is 1.97. The molecule has 7 heteroatoms. The summed E-state index contributed by atoms with van der Waals surface area (Å²) in [4.78, 5) is 12.0. The van der Waals surface area contributed by atoms with Crippen LogP contribution in [0.4, 0.5) is 0 Å². The highest BCUT2D eigenvalue weighted by Crippen LogP contribution is 2.23. The van der Waals surface area contributed by atoms with Crippen LogP contribution in [0, 0.1) is 0 Å². The molecule has 0 saturated heterocycles. The number of aliphatic hydroxyl groups excluding tert-OH is 1. The summed E-state index contributed by atoms with van der Waals surface area (Å²) < 4.78 is 23.3. The molecule has 0 fully saturated rings. The second-order valence-electron chi connectivity index (χ2n) is 3.61. The molecule has 0 aliphatic heterocycles. The smallest absolute Gasteiger partial charge is 0.184 e. The number of ketones is 1. The van der Waals surface area contributed by atoms with E-state index in [1.54, 1.807) is 0 Å². The van der Waals surface area contributed by atoms with Gasteiger partial charge in [-0.25, -0.2) is 8.42 Å². The standard InChI is InChI=1S/C11H12Cl2O4S/c1-2-18(16,17)10(6-14)11(15)8-4-3-7(12)5-9(8)13/h3-5,10,14H,2,6H2,1H3/t10-/m1/s1. The van der Waals surface area contributed by atoms with Gasteiger partial charge in [-0.15, -0.1) is 0 Å². The van der Waals surface area contributed by atoms with Crippen molar-refractivity contribution in [2.45, 2.75) is 12.2 Å². The summed E-state index contributed by atoms with van der Waals surface area (Å²) in [6, 6.07) is 4.14. The van der Waals surface area contributed by atoms with E-state index in [1.807, 2.05) is 0 Å². The maximum atomic E-state index is 12.0. The average molecular weight is 311 g/mol. The highest BCUT2D eigenvalue weighted by atomic mass is 35.5. The lowest BCUT2D eigenvalue weighted by Gasteiger charge is -2.13. The van der Waals surface area contributed by atoms with Gasteiger partial charge >= 0.3 is 0 Å². The summed E-state index contributed by atoms with van der Waals surface area (Å²) in [5.41, 5.74) is 0.0390.